The molecule has 3 rings (SSSR count). The smallest absolute Gasteiger partial charge is 0.261 e. The van der Waals surface area contributed by atoms with E-state index in [1.165, 1.54) is 5.56 Å². The molecule has 1 saturated carbocycles. The predicted octanol–water partition coefficient (Wildman–Crippen LogP) is 5.60. The van der Waals surface area contributed by atoms with Gasteiger partial charge in [0.2, 0.25) is 5.91 Å². The average Bonchev–Trinajstić information content (AvgIpc) is 3.29. The summed E-state index contributed by atoms with van der Waals surface area (Å²) < 4.78 is 6.69. The SMILES string of the molecule is C[C@H](C(=O)NC1CCCC1)N(Cc1ccccc1)C(=O)COc1ccc(C(C)(C)C)cc1Br. The number of carbonyl (C=O) groups is 2. The second-order valence-corrected chi connectivity index (χ2v) is 10.7. The van der Waals surface area contributed by atoms with Gasteiger partial charge in [-0.05, 0) is 64.4 Å². The van der Waals surface area contributed by atoms with Crippen molar-refractivity contribution < 1.29 is 14.3 Å². The zero-order valence-corrected chi connectivity index (χ0v) is 21.7. The first-order valence-electron chi connectivity index (χ1n) is 11.7. The van der Waals surface area contributed by atoms with Gasteiger partial charge in [-0.15, -0.1) is 0 Å². The third kappa shape index (κ3) is 7.07. The summed E-state index contributed by atoms with van der Waals surface area (Å²) in [6.45, 7) is 8.46. The van der Waals surface area contributed by atoms with Crippen LogP contribution in [0.5, 0.6) is 5.75 Å². The fraction of sp³-hybridized carbons (Fsp3) is 0.481. The van der Waals surface area contributed by atoms with Crippen LogP contribution in [-0.2, 0) is 21.5 Å². The summed E-state index contributed by atoms with van der Waals surface area (Å²) >= 11 is 3.57. The molecule has 0 aliphatic heterocycles. The summed E-state index contributed by atoms with van der Waals surface area (Å²) in [6, 6.07) is 15.3. The minimum absolute atomic E-state index is 0.0193. The normalized spacial score (nSPS) is 15.2. The molecular weight excluding hydrogens is 480 g/mol. The number of nitrogens with zero attached hydrogens (tertiary/aromatic N) is 1. The van der Waals surface area contributed by atoms with Crippen molar-refractivity contribution in [3.8, 4) is 5.75 Å². The van der Waals surface area contributed by atoms with Crippen molar-refractivity contribution in [1.29, 1.82) is 0 Å². The lowest BCUT2D eigenvalue weighted by atomic mass is 9.87. The molecule has 2 aromatic rings. The molecule has 1 aliphatic carbocycles. The number of nitrogens with one attached hydrogen (secondary N) is 1. The lowest BCUT2D eigenvalue weighted by Crippen LogP contribution is -2.50. The van der Waals surface area contributed by atoms with Crippen molar-refractivity contribution in [2.24, 2.45) is 0 Å². The van der Waals surface area contributed by atoms with E-state index in [0.29, 0.717) is 12.3 Å². The van der Waals surface area contributed by atoms with Gasteiger partial charge in [0, 0.05) is 12.6 Å². The summed E-state index contributed by atoms with van der Waals surface area (Å²) in [5, 5.41) is 3.12. The Morgan fingerprint density at radius 1 is 1.12 bits per heavy atom. The fourth-order valence-corrected chi connectivity index (χ4v) is 4.55. The van der Waals surface area contributed by atoms with E-state index in [4.69, 9.17) is 4.74 Å². The van der Waals surface area contributed by atoms with Crippen LogP contribution in [0.4, 0.5) is 0 Å². The van der Waals surface area contributed by atoms with E-state index in [1.54, 1.807) is 11.8 Å². The third-order valence-electron chi connectivity index (χ3n) is 6.21. The van der Waals surface area contributed by atoms with Gasteiger partial charge in [-0.1, -0.05) is 70.0 Å². The van der Waals surface area contributed by atoms with Crippen molar-refractivity contribution >= 4 is 27.7 Å². The van der Waals surface area contributed by atoms with Gasteiger partial charge < -0.3 is 15.0 Å². The fourth-order valence-electron chi connectivity index (χ4n) is 4.06. The van der Waals surface area contributed by atoms with Gasteiger partial charge in [0.25, 0.3) is 5.91 Å². The highest BCUT2D eigenvalue weighted by atomic mass is 79.9. The van der Waals surface area contributed by atoms with E-state index in [2.05, 4.69) is 42.0 Å². The zero-order chi connectivity index (χ0) is 24.0. The molecule has 2 aromatic carbocycles. The van der Waals surface area contributed by atoms with E-state index in [0.717, 1.165) is 35.7 Å². The number of amides is 2. The minimum atomic E-state index is -0.589. The Bertz CT molecular complexity index is 950. The van der Waals surface area contributed by atoms with Crippen LogP contribution >= 0.6 is 15.9 Å². The summed E-state index contributed by atoms with van der Waals surface area (Å²) in [5.74, 6) is 0.278. The van der Waals surface area contributed by atoms with E-state index >= 15 is 0 Å². The van der Waals surface area contributed by atoms with Crippen molar-refractivity contribution in [3.05, 3.63) is 64.1 Å². The summed E-state index contributed by atoms with van der Waals surface area (Å²) in [5.41, 5.74) is 2.17. The second-order valence-electron chi connectivity index (χ2n) is 9.86. The first-order chi connectivity index (χ1) is 15.6. The second kappa shape index (κ2) is 11.2. The molecule has 0 saturated heterocycles. The van der Waals surface area contributed by atoms with E-state index in [-0.39, 0.29) is 29.9 Å². The molecule has 0 bridgehead atoms. The molecule has 178 valence electrons. The minimum Gasteiger partial charge on any atom is -0.483 e. The van der Waals surface area contributed by atoms with Crippen LogP contribution in [0, 0.1) is 0 Å². The topological polar surface area (TPSA) is 58.6 Å². The van der Waals surface area contributed by atoms with Gasteiger partial charge >= 0.3 is 0 Å². The number of rotatable bonds is 8. The molecule has 1 N–H and O–H groups in total. The van der Waals surface area contributed by atoms with Gasteiger partial charge in [0.15, 0.2) is 6.61 Å². The van der Waals surface area contributed by atoms with Gasteiger partial charge in [-0.2, -0.15) is 0 Å². The maximum Gasteiger partial charge on any atom is 0.261 e. The molecule has 5 nitrogen and oxygen atoms in total. The van der Waals surface area contributed by atoms with Gasteiger partial charge in [0.05, 0.1) is 4.47 Å². The average molecular weight is 515 g/mol. The molecule has 0 spiro atoms. The summed E-state index contributed by atoms with van der Waals surface area (Å²) in [4.78, 5) is 27.8. The number of carbonyl (C=O) groups excluding carboxylic acids is 2. The van der Waals surface area contributed by atoms with Gasteiger partial charge in [-0.3, -0.25) is 9.59 Å². The number of halogens is 1. The molecule has 0 heterocycles. The molecule has 33 heavy (non-hydrogen) atoms. The maximum atomic E-state index is 13.2. The lowest BCUT2D eigenvalue weighted by Gasteiger charge is -2.29. The number of ether oxygens (including phenoxy) is 1. The van der Waals surface area contributed by atoms with E-state index in [9.17, 15) is 9.59 Å². The Kier molecular flexibility index (Phi) is 8.57. The van der Waals surface area contributed by atoms with Crippen LogP contribution < -0.4 is 10.1 Å². The number of hydrogen-bond donors (Lipinski definition) is 1. The van der Waals surface area contributed by atoms with Crippen LogP contribution in [0.1, 0.15) is 64.5 Å². The van der Waals surface area contributed by atoms with Crippen LogP contribution in [0.3, 0.4) is 0 Å². The quantitative estimate of drug-likeness (QED) is 0.498. The van der Waals surface area contributed by atoms with Crippen LogP contribution in [0.25, 0.3) is 0 Å². The Labute approximate surface area is 206 Å². The Hall–Kier alpha value is -2.34. The Morgan fingerprint density at radius 2 is 1.79 bits per heavy atom. The molecule has 1 atom stereocenters. The lowest BCUT2D eigenvalue weighted by molar-refractivity contribution is -0.142. The summed E-state index contributed by atoms with van der Waals surface area (Å²) in [6.07, 6.45) is 4.30. The first-order valence-corrected chi connectivity index (χ1v) is 12.5. The van der Waals surface area contributed by atoms with Crippen LogP contribution in [0.15, 0.2) is 53.0 Å². The number of hydrogen-bond acceptors (Lipinski definition) is 3. The van der Waals surface area contributed by atoms with Crippen molar-refractivity contribution in [2.45, 2.75) is 77.4 Å². The maximum absolute atomic E-state index is 13.2. The molecular formula is C27H35BrN2O3. The first kappa shape index (κ1) is 25.3. The molecule has 0 radical (unpaired) electrons. The largest absolute Gasteiger partial charge is 0.483 e. The molecule has 2 amide bonds. The third-order valence-corrected chi connectivity index (χ3v) is 6.83. The monoisotopic (exact) mass is 514 g/mol. The highest BCUT2D eigenvalue weighted by Gasteiger charge is 2.29. The van der Waals surface area contributed by atoms with Crippen molar-refractivity contribution in [1.82, 2.24) is 10.2 Å². The Balaban J connectivity index is 1.71. The Morgan fingerprint density at radius 3 is 2.39 bits per heavy atom. The van der Waals surface area contributed by atoms with Gasteiger partial charge in [-0.25, -0.2) is 0 Å². The predicted molar refractivity (Wildman–Crippen MR) is 135 cm³/mol. The van der Waals surface area contributed by atoms with E-state index < -0.39 is 6.04 Å². The van der Waals surface area contributed by atoms with E-state index in [1.807, 2.05) is 48.5 Å². The van der Waals surface area contributed by atoms with Crippen molar-refractivity contribution in [2.75, 3.05) is 6.61 Å². The van der Waals surface area contributed by atoms with Crippen molar-refractivity contribution in [3.63, 3.8) is 0 Å². The zero-order valence-electron chi connectivity index (χ0n) is 20.1. The van der Waals surface area contributed by atoms with Crippen LogP contribution in [-0.4, -0.2) is 35.4 Å². The molecule has 0 aromatic heterocycles. The number of benzene rings is 2. The standard InChI is InChI=1S/C27H35BrN2O3/c1-19(26(32)29-22-12-8-9-13-22)30(17-20-10-6-5-7-11-20)25(31)18-33-24-15-14-21(16-23(24)28)27(2,3)4/h5-7,10-11,14-16,19,22H,8-9,12-13,17-18H2,1-4H3,(H,29,32)/t19-/m1/s1. The highest BCUT2D eigenvalue weighted by Crippen LogP contribution is 2.31. The summed E-state index contributed by atoms with van der Waals surface area (Å²) in [7, 11) is 0. The molecule has 1 aliphatic rings. The molecule has 1 fully saturated rings. The molecule has 0 unspecified atom stereocenters. The molecule has 6 heteroatoms. The highest BCUT2D eigenvalue weighted by molar-refractivity contribution is 9.10. The van der Waals surface area contributed by atoms with Crippen LogP contribution in [0.2, 0.25) is 0 Å². The van der Waals surface area contributed by atoms with Gasteiger partial charge in [0.1, 0.15) is 11.8 Å².